The van der Waals surface area contributed by atoms with Gasteiger partial charge in [0.05, 0.1) is 0 Å². The van der Waals surface area contributed by atoms with Crippen molar-refractivity contribution in [1.29, 1.82) is 0 Å². The number of hydrogen-bond donors (Lipinski definition) is 2. The van der Waals surface area contributed by atoms with E-state index >= 15 is 0 Å². The van der Waals surface area contributed by atoms with Gasteiger partial charge >= 0.3 is 0 Å². The molecule has 0 radical (unpaired) electrons. The highest BCUT2D eigenvalue weighted by Gasteiger charge is 2.10. The number of nitrogens with one attached hydrogen (secondary N) is 2. The average Bonchev–Trinajstić information content (AvgIpc) is 2.73. The second-order valence-electron chi connectivity index (χ2n) is 3.54. The van der Waals surface area contributed by atoms with Crippen LogP contribution < -0.4 is 10.6 Å². The van der Waals surface area contributed by atoms with Gasteiger partial charge in [-0.3, -0.25) is 10.1 Å². The standard InChI is InChI=1S/C11H11ClN4OS/c1-6-5-14-11(18-6)16-10(17)7-3-8(12)15-9(4-7)13-2/h3-5H,1-2H3,(H,13,15)(H,14,16,17). The van der Waals surface area contributed by atoms with Gasteiger partial charge in [-0.1, -0.05) is 11.6 Å². The number of aryl methyl sites for hydroxylation is 1. The van der Waals surface area contributed by atoms with Crippen LogP contribution in [0.25, 0.3) is 0 Å². The van der Waals surface area contributed by atoms with Crippen molar-refractivity contribution in [3.8, 4) is 0 Å². The molecule has 7 heteroatoms. The van der Waals surface area contributed by atoms with Crippen LogP contribution in [0.1, 0.15) is 15.2 Å². The molecule has 0 spiro atoms. The number of anilines is 2. The molecular formula is C11H11ClN4OS. The third-order valence-corrected chi connectivity index (χ3v) is 3.18. The maximum absolute atomic E-state index is 12.0. The van der Waals surface area contributed by atoms with Crippen molar-refractivity contribution in [2.45, 2.75) is 6.92 Å². The molecule has 94 valence electrons. The minimum absolute atomic E-state index is 0.259. The minimum atomic E-state index is -0.259. The van der Waals surface area contributed by atoms with Gasteiger partial charge in [-0.25, -0.2) is 9.97 Å². The lowest BCUT2D eigenvalue weighted by molar-refractivity contribution is 0.102. The van der Waals surface area contributed by atoms with Crippen LogP contribution in [-0.2, 0) is 0 Å². The number of aromatic nitrogens is 2. The lowest BCUT2D eigenvalue weighted by atomic mass is 10.2. The van der Waals surface area contributed by atoms with Gasteiger partial charge in [-0.15, -0.1) is 11.3 Å². The van der Waals surface area contributed by atoms with Crippen LogP contribution in [0, 0.1) is 6.92 Å². The van der Waals surface area contributed by atoms with E-state index in [-0.39, 0.29) is 11.1 Å². The van der Waals surface area contributed by atoms with Gasteiger partial charge in [0.15, 0.2) is 5.13 Å². The smallest absolute Gasteiger partial charge is 0.257 e. The summed E-state index contributed by atoms with van der Waals surface area (Å²) in [6.07, 6.45) is 1.71. The van der Waals surface area contributed by atoms with E-state index in [0.717, 1.165) is 4.88 Å². The van der Waals surface area contributed by atoms with Gasteiger partial charge in [0.1, 0.15) is 11.0 Å². The molecule has 18 heavy (non-hydrogen) atoms. The fourth-order valence-corrected chi connectivity index (χ4v) is 2.21. The summed E-state index contributed by atoms with van der Waals surface area (Å²) in [7, 11) is 1.71. The molecule has 0 aliphatic carbocycles. The Morgan fingerprint density at radius 1 is 1.44 bits per heavy atom. The Hall–Kier alpha value is -1.66. The molecule has 2 rings (SSSR count). The molecule has 0 atom stereocenters. The number of hydrogen-bond acceptors (Lipinski definition) is 5. The number of thiazole rings is 1. The van der Waals surface area contributed by atoms with Crippen molar-refractivity contribution in [2.24, 2.45) is 0 Å². The summed E-state index contributed by atoms with van der Waals surface area (Å²) in [4.78, 5) is 21.1. The van der Waals surface area contributed by atoms with Crippen LogP contribution in [-0.4, -0.2) is 22.9 Å². The van der Waals surface area contributed by atoms with Gasteiger partial charge in [-0.05, 0) is 19.1 Å². The first-order valence-corrected chi connectivity index (χ1v) is 6.37. The number of carbonyl (C=O) groups is 1. The second-order valence-corrected chi connectivity index (χ2v) is 5.17. The van der Waals surface area contributed by atoms with Crippen LogP contribution in [0.15, 0.2) is 18.3 Å². The van der Waals surface area contributed by atoms with Crippen LogP contribution >= 0.6 is 22.9 Å². The Morgan fingerprint density at radius 2 is 2.22 bits per heavy atom. The lowest BCUT2D eigenvalue weighted by Crippen LogP contribution is -2.12. The second kappa shape index (κ2) is 5.32. The fourth-order valence-electron chi connectivity index (χ4n) is 1.34. The topological polar surface area (TPSA) is 66.9 Å². The van der Waals surface area contributed by atoms with Crippen molar-refractivity contribution in [3.63, 3.8) is 0 Å². The van der Waals surface area contributed by atoms with Crippen LogP contribution in [0.3, 0.4) is 0 Å². The number of rotatable bonds is 3. The molecule has 5 nitrogen and oxygen atoms in total. The molecule has 2 heterocycles. The van der Waals surface area contributed by atoms with Gasteiger partial charge < -0.3 is 5.32 Å². The zero-order chi connectivity index (χ0) is 13.1. The highest BCUT2D eigenvalue weighted by atomic mass is 35.5. The molecule has 2 N–H and O–H groups in total. The first kappa shape index (κ1) is 12.8. The molecule has 0 aliphatic rings. The van der Waals surface area contributed by atoms with Crippen molar-refractivity contribution < 1.29 is 4.79 Å². The molecule has 1 amide bonds. The molecule has 0 aromatic carbocycles. The summed E-state index contributed by atoms with van der Waals surface area (Å²) in [5, 5.41) is 6.39. The molecule has 0 fully saturated rings. The molecule has 0 saturated heterocycles. The Balaban J connectivity index is 2.20. The zero-order valence-corrected chi connectivity index (χ0v) is 11.4. The first-order valence-electron chi connectivity index (χ1n) is 5.17. The van der Waals surface area contributed by atoms with Gasteiger partial charge in [0.2, 0.25) is 0 Å². The van der Waals surface area contributed by atoms with Crippen LogP contribution in [0.2, 0.25) is 5.15 Å². The number of pyridine rings is 1. The largest absolute Gasteiger partial charge is 0.373 e. The molecular weight excluding hydrogens is 272 g/mol. The lowest BCUT2D eigenvalue weighted by Gasteiger charge is -2.05. The van der Waals surface area contributed by atoms with E-state index in [1.165, 1.54) is 17.4 Å². The molecule has 2 aromatic rings. The van der Waals surface area contributed by atoms with Gasteiger partial charge in [-0.2, -0.15) is 0 Å². The maximum atomic E-state index is 12.0. The summed E-state index contributed by atoms with van der Waals surface area (Å²) in [6.45, 7) is 1.93. The Bertz CT molecular complexity index is 584. The predicted octanol–water partition coefficient (Wildman–Crippen LogP) is 2.79. The third kappa shape index (κ3) is 2.96. The van der Waals surface area contributed by atoms with E-state index in [4.69, 9.17) is 11.6 Å². The van der Waals surface area contributed by atoms with Crippen LogP contribution in [0.4, 0.5) is 10.9 Å². The van der Waals surface area contributed by atoms with E-state index in [0.29, 0.717) is 16.5 Å². The SMILES string of the molecule is CNc1cc(C(=O)Nc2ncc(C)s2)cc(Cl)n1. The van der Waals surface area contributed by atoms with E-state index in [1.807, 2.05) is 6.92 Å². The molecule has 2 aromatic heterocycles. The fraction of sp³-hybridized carbons (Fsp3) is 0.182. The normalized spacial score (nSPS) is 10.2. The summed E-state index contributed by atoms with van der Waals surface area (Å²) >= 11 is 7.25. The third-order valence-electron chi connectivity index (χ3n) is 2.15. The van der Waals surface area contributed by atoms with E-state index < -0.39 is 0 Å². The summed E-state index contributed by atoms with van der Waals surface area (Å²) in [5.41, 5.74) is 0.437. The van der Waals surface area contributed by atoms with Crippen molar-refractivity contribution >= 4 is 39.8 Å². The van der Waals surface area contributed by atoms with E-state index in [9.17, 15) is 4.79 Å². The number of nitrogens with zero attached hydrogens (tertiary/aromatic N) is 2. The van der Waals surface area contributed by atoms with Crippen molar-refractivity contribution in [2.75, 3.05) is 17.7 Å². The molecule has 0 saturated carbocycles. The Kier molecular flexibility index (Phi) is 3.78. The number of amides is 1. The van der Waals surface area contributed by atoms with Gasteiger partial charge in [0, 0.05) is 23.7 Å². The predicted molar refractivity (Wildman–Crippen MR) is 73.6 cm³/mol. The first-order chi connectivity index (χ1) is 8.58. The van der Waals surface area contributed by atoms with E-state index in [1.54, 1.807) is 19.3 Å². The summed E-state index contributed by atoms with van der Waals surface area (Å²) in [6, 6.07) is 3.14. The highest BCUT2D eigenvalue weighted by molar-refractivity contribution is 7.15. The quantitative estimate of drug-likeness (QED) is 0.850. The van der Waals surface area contributed by atoms with E-state index in [2.05, 4.69) is 20.6 Å². The number of carbonyl (C=O) groups excluding carboxylic acids is 1. The van der Waals surface area contributed by atoms with Crippen molar-refractivity contribution in [3.05, 3.63) is 33.9 Å². The zero-order valence-electron chi connectivity index (χ0n) is 9.82. The Morgan fingerprint density at radius 3 is 2.83 bits per heavy atom. The minimum Gasteiger partial charge on any atom is -0.373 e. The number of halogens is 1. The van der Waals surface area contributed by atoms with Crippen molar-refractivity contribution in [1.82, 2.24) is 9.97 Å². The maximum Gasteiger partial charge on any atom is 0.257 e. The molecule has 0 aliphatic heterocycles. The summed E-state index contributed by atoms with van der Waals surface area (Å²) < 4.78 is 0. The molecule has 0 unspecified atom stereocenters. The average molecular weight is 283 g/mol. The summed E-state index contributed by atoms with van der Waals surface area (Å²) in [5.74, 6) is 0.285. The highest BCUT2D eigenvalue weighted by Crippen LogP contribution is 2.19. The van der Waals surface area contributed by atoms with Crippen LogP contribution in [0.5, 0.6) is 0 Å². The Labute approximate surface area is 113 Å². The molecule has 0 bridgehead atoms. The monoisotopic (exact) mass is 282 g/mol. The van der Waals surface area contributed by atoms with Gasteiger partial charge in [0.25, 0.3) is 5.91 Å².